The van der Waals surface area contributed by atoms with Crippen molar-refractivity contribution in [3.8, 4) is 17.0 Å². The van der Waals surface area contributed by atoms with Crippen LogP contribution in [-0.2, 0) is 20.4 Å². The van der Waals surface area contributed by atoms with Crippen LogP contribution >= 0.6 is 11.3 Å². The molecule has 0 unspecified atom stereocenters. The Bertz CT molecular complexity index is 1340. The minimum atomic E-state index is -0.136. The number of carbonyl (C=O) groups excluding carboxylic acids is 1. The van der Waals surface area contributed by atoms with Crippen LogP contribution in [0.5, 0.6) is 5.75 Å². The highest BCUT2D eigenvalue weighted by Gasteiger charge is 2.26. The summed E-state index contributed by atoms with van der Waals surface area (Å²) in [5.41, 5.74) is 7.26. The lowest BCUT2D eigenvalue weighted by molar-refractivity contribution is -0.121. The first-order chi connectivity index (χ1) is 20.1. The van der Waals surface area contributed by atoms with Crippen LogP contribution in [0.15, 0.2) is 53.6 Å². The van der Waals surface area contributed by atoms with Crippen LogP contribution in [0.1, 0.15) is 83.2 Å². The minimum absolute atomic E-state index is 0.00184. The van der Waals surface area contributed by atoms with Gasteiger partial charge < -0.3 is 14.4 Å². The van der Waals surface area contributed by atoms with E-state index in [1.807, 2.05) is 30.3 Å². The summed E-state index contributed by atoms with van der Waals surface area (Å²) < 4.78 is 11.7. The lowest BCUT2D eigenvalue weighted by Gasteiger charge is -2.30. The number of ether oxygens (including phenoxy) is 2. The number of hydrazone groups is 1. The predicted octanol–water partition coefficient (Wildman–Crippen LogP) is 7.33. The number of anilines is 1. The molecule has 1 aliphatic rings. The predicted molar refractivity (Wildman–Crippen MR) is 174 cm³/mol. The van der Waals surface area contributed by atoms with Crippen molar-refractivity contribution >= 4 is 28.6 Å². The van der Waals surface area contributed by atoms with Gasteiger partial charge in [-0.15, -0.1) is 0 Å². The Hall–Kier alpha value is -3.23. The summed E-state index contributed by atoms with van der Waals surface area (Å²) in [6.07, 6.45) is 4.73. The number of nitrogens with zero attached hydrogens (tertiary/aromatic N) is 3. The molecule has 0 atom stereocenters. The summed E-state index contributed by atoms with van der Waals surface area (Å²) in [7, 11) is 0. The van der Waals surface area contributed by atoms with Crippen molar-refractivity contribution in [2.45, 2.75) is 78.1 Å². The molecule has 0 spiro atoms. The molecule has 1 amide bonds. The summed E-state index contributed by atoms with van der Waals surface area (Å²) in [6.45, 7) is 17.0. The summed E-state index contributed by atoms with van der Waals surface area (Å²) in [4.78, 5) is 20.7. The average Bonchev–Trinajstić information content (AvgIpc) is 3.44. The monoisotopic (exact) mass is 590 g/mol. The molecule has 1 saturated heterocycles. The first-order valence-corrected chi connectivity index (χ1v) is 15.9. The quantitative estimate of drug-likeness (QED) is 0.128. The van der Waals surface area contributed by atoms with Crippen LogP contribution in [0, 0.1) is 0 Å². The van der Waals surface area contributed by atoms with Crippen LogP contribution in [-0.4, -0.2) is 50.0 Å². The molecule has 3 aromatic rings. The molecule has 42 heavy (non-hydrogen) atoms. The fourth-order valence-electron chi connectivity index (χ4n) is 4.73. The number of thiazole rings is 1. The van der Waals surface area contributed by atoms with E-state index in [1.165, 1.54) is 11.1 Å². The molecule has 0 saturated carbocycles. The van der Waals surface area contributed by atoms with Gasteiger partial charge in [0.25, 0.3) is 0 Å². The molecular weight excluding hydrogens is 544 g/mol. The number of morpholine rings is 1. The van der Waals surface area contributed by atoms with Crippen LogP contribution in [0.25, 0.3) is 11.3 Å². The average molecular weight is 591 g/mol. The van der Waals surface area contributed by atoms with E-state index in [1.54, 1.807) is 17.6 Å². The van der Waals surface area contributed by atoms with Gasteiger partial charge in [-0.3, -0.25) is 4.79 Å². The van der Waals surface area contributed by atoms with E-state index in [4.69, 9.17) is 14.5 Å². The van der Waals surface area contributed by atoms with Gasteiger partial charge in [0.15, 0.2) is 5.13 Å². The highest BCUT2D eigenvalue weighted by Crippen LogP contribution is 2.38. The maximum absolute atomic E-state index is 12.6. The summed E-state index contributed by atoms with van der Waals surface area (Å²) in [5, 5.41) is 5.23. The molecule has 0 aliphatic carbocycles. The number of carbonyl (C=O) groups is 1. The molecular formula is C34H46N4O3S. The molecule has 7 nitrogen and oxygen atoms in total. The molecule has 226 valence electrons. The van der Waals surface area contributed by atoms with E-state index in [0.29, 0.717) is 32.7 Å². The summed E-state index contributed by atoms with van der Waals surface area (Å²) in [5.74, 6) is 0.772. The van der Waals surface area contributed by atoms with Crippen molar-refractivity contribution in [2.75, 3.05) is 37.8 Å². The SMILES string of the molecule is CCC(C)(C)c1ccc(OCCCC(=O)N/N=C/c2sc(N3CCOCC3)nc2-c2ccccc2)c(C(C)(C)CC)c1. The van der Waals surface area contributed by atoms with Crippen molar-refractivity contribution in [1.29, 1.82) is 0 Å². The number of rotatable bonds is 13. The zero-order valence-electron chi connectivity index (χ0n) is 26.0. The summed E-state index contributed by atoms with van der Waals surface area (Å²) >= 11 is 1.58. The fraction of sp³-hybridized carbons (Fsp3) is 0.500. The van der Waals surface area contributed by atoms with Crippen molar-refractivity contribution in [1.82, 2.24) is 10.4 Å². The van der Waals surface area contributed by atoms with Gasteiger partial charge in [-0.05, 0) is 41.7 Å². The van der Waals surface area contributed by atoms with Crippen molar-refractivity contribution in [3.05, 3.63) is 64.5 Å². The standard InChI is InChI=1S/C34H46N4O3S/c1-7-33(3,4)26-16-17-28(27(23-26)34(5,6)8-2)41-20-12-15-30(39)37-35-24-29-31(25-13-10-9-11-14-25)36-32(42-29)38-18-21-40-22-19-38/h9-11,13-14,16-17,23-24H,7-8,12,15,18-22H2,1-6H3,(H,37,39)/b35-24+. The van der Waals surface area contributed by atoms with Gasteiger partial charge in [-0.25, -0.2) is 10.4 Å². The van der Waals surface area contributed by atoms with Crippen LogP contribution in [0.4, 0.5) is 5.13 Å². The normalized spacial score (nSPS) is 14.4. The molecule has 4 rings (SSSR count). The van der Waals surface area contributed by atoms with E-state index in [9.17, 15) is 4.79 Å². The molecule has 0 radical (unpaired) electrons. The lowest BCUT2D eigenvalue weighted by Crippen LogP contribution is -2.36. The smallest absolute Gasteiger partial charge is 0.240 e. The first kappa shape index (κ1) is 31.7. The van der Waals surface area contributed by atoms with Gasteiger partial charge >= 0.3 is 0 Å². The number of hydrogen-bond donors (Lipinski definition) is 1. The molecule has 8 heteroatoms. The van der Waals surface area contributed by atoms with Crippen LogP contribution < -0.4 is 15.1 Å². The highest BCUT2D eigenvalue weighted by atomic mass is 32.1. The fourth-order valence-corrected chi connectivity index (χ4v) is 5.75. The molecule has 1 aromatic heterocycles. The largest absolute Gasteiger partial charge is 0.493 e. The van der Waals surface area contributed by atoms with E-state index in [-0.39, 0.29) is 16.7 Å². The third kappa shape index (κ3) is 7.98. The topological polar surface area (TPSA) is 76.0 Å². The Balaban J connectivity index is 1.35. The molecule has 1 N–H and O–H groups in total. The van der Waals surface area contributed by atoms with E-state index in [2.05, 4.69) is 75.2 Å². The van der Waals surface area contributed by atoms with Crippen molar-refractivity contribution in [2.24, 2.45) is 5.10 Å². The second-order valence-electron chi connectivity index (χ2n) is 12.1. The third-order valence-electron chi connectivity index (χ3n) is 8.41. The van der Waals surface area contributed by atoms with E-state index >= 15 is 0 Å². The van der Waals surface area contributed by atoms with Gasteiger partial charge in [-0.2, -0.15) is 5.10 Å². The van der Waals surface area contributed by atoms with Gasteiger partial charge in [0.1, 0.15) is 5.75 Å². The Kier molecular flexibility index (Phi) is 10.8. The Morgan fingerprint density at radius 2 is 1.79 bits per heavy atom. The Labute approximate surface area is 255 Å². The number of aromatic nitrogens is 1. The number of hydrogen-bond acceptors (Lipinski definition) is 7. The second kappa shape index (κ2) is 14.3. The zero-order chi connectivity index (χ0) is 30.2. The van der Waals surface area contributed by atoms with Crippen LogP contribution in [0.2, 0.25) is 0 Å². The molecule has 1 fully saturated rings. The zero-order valence-corrected chi connectivity index (χ0v) is 26.9. The third-order valence-corrected chi connectivity index (χ3v) is 9.46. The molecule has 0 bridgehead atoms. The Morgan fingerprint density at radius 3 is 2.48 bits per heavy atom. The molecule has 2 aromatic carbocycles. The Morgan fingerprint density at radius 1 is 1.07 bits per heavy atom. The van der Waals surface area contributed by atoms with Gasteiger partial charge in [-0.1, -0.05) is 95.3 Å². The highest BCUT2D eigenvalue weighted by molar-refractivity contribution is 7.17. The number of amides is 1. The maximum atomic E-state index is 12.6. The van der Waals surface area contributed by atoms with E-state index in [0.717, 1.165) is 52.9 Å². The van der Waals surface area contributed by atoms with E-state index < -0.39 is 0 Å². The maximum Gasteiger partial charge on any atom is 0.240 e. The van der Waals surface area contributed by atoms with Gasteiger partial charge in [0, 0.05) is 30.6 Å². The molecule has 2 heterocycles. The van der Waals surface area contributed by atoms with Crippen molar-refractivity contribution in [3.63, 3.8) is 0 Å². The van der Waals surface area contributed by atoms with Gasteiger partial charge in [0.2, 0.25) is 5.91 Å². The molecule has 1 aliphatic heterocycles. The minimum Gasteiger partial charge on any atom is -0.493 e. The van der Waals surface area contributed by atoms with Crippen LogP contribution in [0.3, 0.4) is 0 Å². The number of benzene rings is 2. The lowest BCUT2D eigenvalue weighted by atomic mass is 9.76. The first-order valence-electron chi connectivity index (χ1n) is 15.1. The second-order valence-corrected chi connectivity index (χ2v) is 13.1. The number of nitrogens with one attached hydrogen (secondary N) is 1. The van der Waals surface area contributed by atoms with Gasteiger partial charge in [0.05, 0.1) is 36.6 Å². The van der Waals surface area contributed by atoms with Crippen molar-refractivity contribution < 1.29 is 14.3 Å². The summed E-state index contributed by atoms with van der Waals surface area (Å²) in [6, 6.07) is 16.7.